The van der Waals surface area contributed by atoms with Crippen molar-refractivity contribution >= 4 is 22.6 Å². The Kier molecular flexibility index (Phi) is 2.98. The van der Waals surface area contributed by atoms with E-state index in [1.54, 1.807) is 11.3 Å². The third-order valence-corrected chi connectivity index (χ3v) is 5.12. The van der Waals surface area contributed by atoms with Crippen LogP contribution in [-0.2, 0) is 0 Å². The third-order valence-electron chi connectivity index (χ3n) is 3.83. The van der Waals surface area contributed by atoms with Crippen LogP contribution >= 0.6 is 11.3 Å². The summed E-state index contributed by atoms with van der Waals surface area (Å²) in [6.45, 7) is 4.34. The van der Waals surface area contributed by atoms with Crippen molar-refractivity contribution in [2.45, 2.75) is 51.4 Å². The maximum Gasteiger partial charge on any atom is 0.194 e. The highest BCUT2D eigenvalue weighted by Crippen LogP contribution is 2.36. The molecule has 0 spiro atoms. The molecular formula is C14H18N2OS. The first kappa shape index (κ1) is 11.9. The van der Waals surface area contributed by atoms with Gasteiger partial charge in [-0.3, -0.25) is 9.20 Å². The van der Waals surface area contributed by atoms with E-state index in [-0.39, 0.29) is 0 Å². The van der Waals surface area contributed by atoms with Crippen LogP contribution in [0.2, 0.25) is 0 Å². The van der Waals surface area contributed by atoms with Crippen LogP contribution in [0.15, 0.2) is 6.20 Å². The molecule has 2 aromatic heterocycles. The van der Waals surface area contributed by atoms with Crippen LogP contribution in [0.1, 0.15) is 72.4 Å². The van der Waals surface area contributed by atoms with Gasteiger partial charge in [-0.1, -0.05) is 26.7 Å². The summed E-state index contributed by atoms with van der Waals surface area (Å²) >= 11 is 1.71. The number of aldehydes is 1. The van der Waals surface area contributed by atoms with Gasteiger partial charge in [0.1, 0.15) is 5.69 Å². The van der Waals surface area contributed by atoms with Gasteiger partial charge in [-0.2, -0.15) is 0 Å². The third kappa shape index (κ3) is 1.79. The van der Waals surface area contributed by atoms with E-state index in [9.17, 15) is 4.79 Å². The average molecular weight is 262 g/mol. The van der Waals surface area contributed by atoms with Gasteiger partial charge >= 0.3 is 0 Å². The number of rotatable bonds is 3. The largest absolute Gasteiger partial charge is 0.296 e. The Morgan fingerprint density at radius 3 is 2.78 bits per heavy atom. The van der Waals surface area contributed by atoms with Crippen molar-refractivity contribution < 1.29 is 4.79 Å². The Balaban J connectivity index is 2.10. The zero-order chi connectivity index (χ0) is 12.7. The van der Waals surface area contributed by atoms with Crippen LogP contribution in [0, 0.1) is 0 Å². The molecule has 0 amide bonds. The predicted molar refractivity (Wildman–Crippen MR) is 73.8 cm³/mol. The van der Waals surface area contributed by atoms with Gasteiger partial charge in [0.25, 0.3) is 0 Å². The van der Waals surface area contributed by atoms with Gasteiger partial charge in [-0.25, -0.2) is 4.98 Å². The van der Waals surface area contributed by atoms with E-state index in [0.29, 0.717) is 11.8 Å². The van der Waals surface area contributed by atoms with Crippen LogP contribution in [0.4, 0.5) is 0 Å². The van der Waals surface area contributed by atoms with Crippen LogP contribution < -0.4 is 0 Å². The number of carbonyl (C=O) groups excluding carboxylic acids is 1. The predicted octanol–water partition coefficient (Wildman–Crippen LogP) is 3.99. The first-order valence-electron chi connectivity index (χ1n) is 6.67. The lowest BCUT2D eigenvalue weighted by Crippen LogP contribution is -1.99. The van der Waals surface area contributed by atoms with Gasteiger partial charge in [0.05, 0.1) is 5.69 Å². The van der Waals surface area contributed by atoms with Crippen molar-refractivity contribution in [1.82, 2.24) is 9.38 Å². The second-order valence-corrected chi connectivity index (χ2v) is 6.46. The Bertz CT molecular complexity index is 576. The van der Waals surface area contributed by atoms with E-state index in [0.717, 1.165) is 22.6 Å². The summed E-state index contributed by atoms with van der Waals surface area (Å²) in [6.07, 6.45) is 7.96. The van der Waals surface area contributed by atoms with Crippen molar-refractivity contribution in [3.8, 4) is 0 Å². The summed E-state index contributed by atoms with van der Waals surface area (Å²) in [4.78, 5) is 18.4. The molecule has 0 unspecified atom stereocenters. The maximum absolute atomic E-state index is 11.4. The van der Waals surface area contributed by atoms with Crippen molar-refractivity contribution in [2.24, 2.45) is 0 Å². The van der Waals surface area contributed by atoms with E-state index in [2.05, 4.69) is 20.0 Å². The fraction of sp³-hybridized carbons (Fsp3) is 0.571. The molecule has 0 aromatic carbocycles. The van der Waals surface area contributed by atoms with Gasteiger partial charge in [-0.05, 0) is 18.8 Å². The molecule has 0 atom stereocenters. The molecule has 1 saturated carbocycles. The first-order valence-corrected chi connectivity index (χ1v) is 7.49. The number of carbonyl (C=O) groups is 1. The molecule has 1 fully saturated rings. The molecule has 0 saturated heterocycles. The average Bonchev–Trinajstić information content (AvgIpc) is 3.03. The summed E-state index contributed by atoms with van der Waals surface area (Å²) < 4.78 is 1.99. The molecule has 96 valence electrons. The number of hydrogen-bond donors (Lipinski definition) is 0. The smallest absolute Gasteiger partial charge is 0.194 e. The van der Waals surface area contributed by atoms with Crippen molar-refractivity contribution in [3.05, 3.63) is 22.5 Å². The summed E-state index contributed by atoms with van der Waals surface area (Å²) in [6, 6.07) is 0. The summed E-state index contributed by atoms with van der Waals surface area (Å²) in [5, 5.41) is 0. The molecule has 3 nitrogen and oxygen atoms in total. The lowest BCUT2D eigenvalue weighted by molar-refractivity contribution is 0.111. The summed E-state index contributed by atoms with van der Waals surface area (Å²) in [7, 11) is 0. The summed E-state index contributed by atoms with van der Waals surface area (Å²) in [5.41, 5.74) is 1.81. The van der Waals surface area contributed by atoms with Crippen LogP contribution in [-0.4, -0.2) is 15.7 Å². The van der Waals surface area contributed by atoms with Gasteiger partial charge < -0.3 is 0 Å². The zero-order valence-electron chi connectivity index (χ0n) is 10.8. The van der Waals surface area contributed by atoms with E-state index in [1.165, 1.54) is 30.6 Å². The van der Waals surface area contributed by atoms with E-state index in [4.69, 9.17) is 4.98 Å². The Morgan fingerprint density at radius 2 is 2.17 bits per heavy atom. The lowest BCUT2D eigenvalue weighted by atomic mass is 10.0. The molecule has 2 aromatic rings. The van der Waals surface area contributed by atoms with Crippen molar-refractivity contribution in [2.75, 3.05) is 0 Å². The number of fused-ring (bicyclic) bond motifs is 1. The van der Waals surface area contributed by atoms with E-state index in [1.807, 2.05) is 4.40 Å². The molecular weight excluding hydrogens is 244 g/mol. The quantitative estimate of drug-likeness (QED) is 0.784. The second-order valence-electron chi connectivity index (χ2n) is 5.42. The lowest BCUT2D eigenvalue weighted by Gasteiger charge is -2.05. The highest BCUT2D eigenvalue weighted by atomic mass is 32.1. The van der Waals surface area contributed by atoms with Crippen LogP contribution in [0.3, 0.4) is 0 Å². The highest BCUT2D eigenvalue weighted by molar-refractivity contribution is 7.17. The molecule has 1 aliphatic carbocycles. The molecule has 0 aliphatic heterocycles. The van der Waals surface area contributed by atoms with Gasteiger partial charge in [0, 0.05) is 17.0 Å². The summed E-state index contributed by atoms with van der Waals surface area (Å²) in [5.74, 6) is 0.992. The molecule has 0 N–H and O–H groups in total. The molecule has 4 heteroatoms. The minimum Gasteiger partial charge on any atom is -0.296 e. The minimum atomic E-state index is 0.492. The molecule has 18 heavy (non-hydrogen) atoms. The Hall–Kier alpha value is -1.16. The monoisotopic (exact) mass is 262 g/mol. The van der Waals surface area contributed by atoms with E-state index < -0.39 is 0 Å². The number of nitrogens with zero attached hydrogens (tertiary/aromatic N) is 2. The standard InChI is InChI=1S/C14H18N2OS/c1-9(2)12-7-16-11(8-17)13(15-14(16)18-12)10-5-3-4-6-10/h7-10H,3-6H2,1-2H3. The fourth-order valence-corrected chi connectivity index (χ4v) is 3.78. The fourth-order valence-electron chi connectivity index (χ4n) is 2.78. The SMILES string of the molecule is CC(C)c1cn2c(C=O)c(C3CCCC3)nc2s1. The van der Waals surface area contributed by atoms with Crippen LogP contribution in [0.25, 0.3) is 4.96 Å². The number of hydrogen-bond acceptors (Lipinski definition) is 3. The first-order chi connectivity index (χ1) is 8.70. The molecule has 1 aliphatic rings. The van der Waals surface area contributed by atoms with E-state index >= 15 is 0 Å². The minimum absolute atomic E-state index is 0.492. The maximum atomic E-state index is 11.4. The topological polar surface area (TPSA) is 34.4 Å². The van der Waals surface area contributed by atoms with Crippen LogP contribution in [0.5, 0.6) is 0 Å². The molecule has 0 bridgehead atoms. The van der Waals surface area contributed by atoms with Crippen molar-refractivity contribution in [1.29, 1.82) is 0 Å². The highest BCUT2D eigenvalue weighted by Gasteiger charge is 2.25. The normalized spacial score (nSPS) is 17.1. The Labute approximate surface area is 111 Å². The zero-order valence-corrected chi connectivity index (χ0v) is 11.7. The number of thiazole rings is 1. The second kappa shape index (κ2) is 4.50. The molecule has 3 rings (SSSR count). The number of aromatic nitrogens is 2. The number of imidazole rings is 1. The van der Waals surface area contributed by atoms with Crippen molar-refractivity contribution in [3.63, 3.8) is 0 Å². The van der Waals surface area contributed by atoms with Gasteiger partial charge in [0.15, 0.2) is 11.2 Å². The van der Waals surface area contributed by atoms with Gasteiger partial charge in [0.2, 0.25) is 0 Å². The Morgan fingerprint density at radius 1 is 1.44 bits per heavy atom. The molecule has 2 heterocycles. The molecule has 0 radical (unpaired) electrons. The van der Waals surface area contributed by atoms with Gasteiger partial charge in [-0.15, -0.1) is 11.3 Å².